The molecular formula is C17H18N6O2. The molecule has 1 saturated heterocycles. The summed E-state index contributed by atoms with van der Waals surface area (Å²) in [6.45, 7) is 3.44. The molecule has 128 valence electrons. The van der Waals surface area contributed by atoms with Crippen molar-refractivity contribution in [3.05, 3.63) is 53.7 Å². The molecule has 1 unspecified atom stereocenters. The molecule has 0 saturated carbocycles. The number of H-pyrrole nitrogens is 2. The van der Waals surface area contributed by atoms with Crippen molar-refractivity contribution >= 4 is 5.91 Å². The van der Waals surface area contributed by atoms with Gasteiger partial charge in [0.2, 0.25) is 0 Å². The number of hydrogen-bond donors (Lipinski definition) is 2. The molecule has 25 heavy (non-hydrogen) atoms. The normalized spacial score (nSPS) is 17.6. The zero-order valence-electron chi connectivity index (χ0n) is 13.8. The Bertz CT molecular complexity index is 872. The number of pyridine rings is 1. The second kappa shape index (κ2) is 6.48. The molecule has 1 aliphatic rings. The first-order valence-electron chi connectivity index (χ1n) is 8.08. The van der Waals surface area contributed by atoms with Crippen molar-refractivity contribution in [2.24, 2.45) is 0 Å². The Morgan fingerprint density at radius 2 is 2.28 bits per heavy atom. The summed E-state index contributed by atoms with van der Waals surface area (Å²) < 4.78 is 5.58. The zero-order valence-corrected chi connectivity index (χ0v) is 13.8. The van der Waals surface area contributed by atoms with E-state index in [1.807, 2.05) is 19.1 Å². The van der Waals surface area contributed by atoms with E-state index < -0.39 is 0 Å². The van der Waals surface area contributed by atoms with Crippen LogP contribution in [0.3, 0.4) is 0 Å². The van der Waals surface area contributed by atoms with E-state index in [-0.39, 0.29) is 11.9 Å². The number of ether oxygens (including phenoxy) is 1. The molecule has 0 radical (unpaired) electrons. The van der Waals surface area contributed by atoms with Crippen LogP contribution in [0, 0.1) is 6.92 Å². The number of aromatic nitrogens is 5. The lowest BCUT2D eigenvalue weighted by atomic mass is 10.1. The predicted octanol–water partition coefficient (Wildman–Crippen LogP) is 1.72. The van der Waals surface area contributed by atoms with Crippen molar-refractivity contribution < 1.29 is 9.53 Å². The molecule has 1 atom stereocenters. The smallest absolute Gasteiger partial charge is 0.272 e. The molecule has 0 aliphatic carbocycles. The highest BCUT2D eigenvalue weighted by molar-refractivity contribution is 5.93. The van der Waals surface area contributed by atoms with Crippen LogP contribution >= 0.6 is 0 Å². The van der Waals surface area contributed by atoms with Crippen molar-refractivity contribution in [3.63, 3.8) is 0 Å². The summed E-state index contributed by atoms with van der Waals surface area (Å²) >= 11 is 0. The molecule has 8 heteroatoms. The Morgan fingerprint density at radius 3 is 3.04 bits per heavy atom. The van der Waals surface area contributed by atoms with E-state index in [0.717, 1.165) is 16.8 Å². The second-order valence-electron chi connectivity index (χ2n) is 5.96. The summed E-state index contributed by atoms with van der Waals surface area (Å²) in [4.78, 5) is 18.9. The van der Waals surface area contributed by atoms with Crippen molar-refractivity contribution in [2.45, 2.75) is 13.0 Å². The summed E-state index contributed by atoms with van der Waals surface area (Å²) in [5.41, 5.74) is 3.91. The van der Waals surface area contributed by atoms with E-state index in [4.69, 9.17) is 4.74 Å². The van der Waals surface area contributed by atoms with Crippen molar-refractivity contribution in [2.75, 3.05) is 19.8 Å². The summed E-state index contributed by atoms with van der Waals surface area (Å²) in [6, 6.07) is 5.31. The maximum Gasteiger partial charge on any atom is 0.272 e. The van der Waals surface area contributed by atoms with E-state index in [9.17, 15) is 4.79 Å². The molecule has 8 nitrogen and oxygen atoms in total. The molecule has 4 rings (SSSR count). The first kappa shape index (κ1) is 15.5. The second-order valence-corrected chi connectivity index (χ2v) is 5.96. The third kappa shape index (κ3) is 2.91. The van der Waals surface area contributed by atoms with Gasteiger partial charge in [-0.1, -0.05) is 0 Å². The average Bonchev–Trinajstić information content (AvgIpc) is 3.31. The van der Waals surface area contributed by atoms with Gasteiger partial charge in [0.1, 0.15) is 5.69 Å². The van der Waals surface area contributed by atoms with Gasteiger partial charge in [-0.05, 0) is 30.7 Å². The Morgan fingerprint density at radius 1 is 1.36 bits per heavy atom. The fraction of sp³-hybridized carbons (Fsp3) is 0.294. The van der Waals surface area contributed by atoms with E-state index >= 15 is 0 Å². The highest BCUT2D eigenvalue weighted by atomic mass is 16.5. The predicted molar refractivity (Wildman–Crippen MR) is 89.7 cm³/mol. The first-order chi connectivity index (χ1) is 12.2. The van der Waals surface area contributed by atoms with Crippen molar-refractivity contribution in [1.29, 1.82) is 0 Å². The number of carbonyl (C=O) groups is 1. The maximum atomic E-state index is 13.0. The molecule has 0 spiro atoms. The molecule has 3 aromatic rings. The number of amides is 1. The van der Waals surface area contributed by atoms with Gasteiger partial charge in [-0.15, -0.1) is 0 Å². The lowest BCUT2D eigenvalue weighted by Gasteiger charge is -2.35. The van der Waals surface area contributed by atoms with Crippen LogP contribution in [0.5, 0.6) is 0 Å². The highest BCUT2D eigenvalue weighted by Crippen LogP contribution is 2.27. The minimum Gasteiger partial charge on any atom is -0.377 e. The minimum absolute atomic E-state index is 0.107. The van der Waals surface area contributed by atoms with E-state index in [2.05, 4.69) is 25.4 Å². The number of nitrogens with zero attached hydrogens (tertiary/aromatic N) is 4. The van der Waals surface area contributed by atoms with Crippen LogP contribution in [-0.2, 0) is 4.74 Å². The number of aromatic amines is 2. The van der Waals surface area contributed by atoms with Gasteiger partial charge in [0.15, 0.2) is 0 Å². The molecular weight excluding hydrogens is 320 g/mol. The van der Waals surface area contributed by atoms with Gasteiger partial charge in [0, 0.05) is 24.5 Å². The summed E-state index contributed by atoms with van der Waals surface area (Å²) in [5, 5.41) is 14.1. The number of hydrogen-bond acceptors (Lipinski definition) is 5. The topological polar surface area (TPSA) is 99.8 Å². The molecule has 4 heterocycles. The summed E-state index contributed by atoms with van der Waals surface area (Å²) in [6.07, 6.45) is 5.17. The van der Waals surface area contributed by atoms with Gasteiger partial charge < -0.3 is 9.64 Å². The summed E-state index contributed by atoms with van der Waals surface area (Å²) in [7, 11) is 0. The molecule has 1 fully saturated rings. The molecule has 3 aromatic heterocycles. The third-order valence-electron chi connectivity index (χ3n) is 4.36. The van der Waals surface area contributed by atoms with Crippen LogP contribution < -0.4 is 0 Å². The number of aryl methyl sites for hydroxylation is 1. The van der Waals surface area contributed by atoms with Gasteiger partial charge in [-0.2, -0.15) is 10.2 Å². The van der Waals surface area contributed by atoms with Crippen molar-refractivity contribution in [1.82, 2.24) is 30.3 Å². The Hall–Kier alpha value is -3.00. The minimum atomic E-state index is -0.186. The maximum absolute atomic E-state index is 13.0. The van der Waals surface area contributed by atoms with Gasteiger partial charge in [-0.25, -0.2) is 0 Å². The van der Waals surface area contributed by atoms with Gasteiger partial charge in [-0.3, -0.25) is 20.0 Å². The van der Waals surface area contributed by atoms with Gasteiger partial charge in [0.25, 0.3) is 5.91 Å². The summed E-state index contributed by atoms with van der Waals surface area (Å²) in [5.74, 6) is -0.107. The molecule has 1 amide bonds. The quantitative estimate of drug-likeness (QED) is 0.757. The lowest BCUT2D eigenvalue weighted by molar-refractivity contribution is -0.00438. The number of nitrogens with one attached hydrogen (secondary N) is 2. The van der Waals surface area contributed by atoms with E-state index in [1.54, 1.807) is 29.6 Å². The number of carbonyl (C=O) groups excluding carboxylic acids is 1. The molecule has 1 aliphatic heterocycles. The molecule has 2 N–H and O–H groups in total. The highest BCUT2D eigenvalue weighted by Gasteiger charge is 2.32. The van der Waals surface area contributed by atoms with Crippen LogP contribution in [0.15, 0.2) is 36.8 Å². The van der Waals surface area contributed by atoms with Crippen LogP contribution in [0.25, 0.3) is 11.3 Å². The zero-order chi connectivity index (χ0) is 17.2. The van der Waals surface area contributed by atoms with Gasteiger partial charge >= 0.3 is 0 Å². The first-order valence-corrected chi connectivity index (χ1v) is 8.08. The van der Waals surface area contributed by atoms with E-state index in [1.165, 1.54) is 0 Å². The third-order valence-corrected chi connectivity index (χ3v) is 4.36. The molecule has 0 aromatic carbocycles. The SMILES string of the molecule is Cc1cn[nH]c1C1COCCN1C(=O)c1cc(-c2cccnc2)n[nH]1. The lowest BCUT2D eigenvalue weighted by Crippen LogP contribution is -2.44. The number of rotatable bonds is 3. The van der Waals surface area contributed by atoms with Crippen LogP contribution in [0.4, 0.5) is 0 Å². The standard InChI is InChI=1S/C17H18N6O2/c1-11-8-19-22-16(11)15-10-25-6-5-23(15)17(24)14-7-13(20-21-14)12-3-2-4-18-9-12/h2-4,7-9,15H,5-6,10H2,1H3,(H,19,22)(H,20,21). The van der Waals surface area contributed by atoms with E-state index in [0.29, 0.717) is 31.1 Å². The Labute approximate surface area is 144 Å². The Kier molecular flexibility index (Phi) is 4.02. The van der Waals surface area contributed by atoms with Crippen LogP contribution in [-0.4, -0.2) is 55.9 Å². The Balaban J connectivity index is 1.61. The van der Waals surface area contributed by atoms with Gasteiger partial charge in [0.05, 0.1) is 36.8 Å². The average molecular weight is 338 g/mol. The fourth-order valence-corrected chi connectivity index (χ4v) is 3.03. The monoisotopic (exact) mass is 338 g/mol. The van der Waals surface area contributed by atoms with Crippen LogP contribution in [0.1, 0.15) is 27.8 Å². The molecule has 0 bridgehead atoms. The largest absolute Gasteiger partial charge is 0.377 e. The number of morpholine rings is 1. The fourth-order valence-electron chi connectivity index (χ4n) is 3.03. The van der Waals surface area contributed by atoms with Crippen molar-refractivity contribution in [3.8, 4) is 11.3 Å². The van der Waals surface area contributed by atoms with Crippen LogP contribution in [0.2, 0.25) is 0 Å².